The molecule has 184 valence electrons. The second-order valence-corrected chi connectivity index (χ2v) is 11.6. The van der Waals surface area contributed by atoms with Gasteiger partial charge in [0.25, 0.3) is 0 Å². The first-order chi connectivity index (χ1) is 17.0. The molecule has 0 fully saturated rings. The SMILES string of the molecule is Cc1ccc(S(=O)(=O)c2ccnc3[nH]c(-c4c[nH]c5ccc(NC(=O)OC(C)(C)C)cc45)cc23)cc1. The van der Waals surface area contributed by atoms with Crippen molar-refractivity contribution >= 4 is 43.6 Å². The summed E-state index contributed by atoms with van der Waals surface area (Å²) in [4.78, 5) is 23.5. The van der Waals surface area contributed by atoms with Crippen molar-refractivity contribution in [2.24, 2.45) is 0 Å². The third-order valence-corrected chi connectivity index (χ3v) is 7.56. The van der Waals surface area contributed by atoms with Crippen LogP contribution in [0.3, 0.4) is 0 Å². The van der Waals surface area contributed by atoms with E-state index in [4.69, 9.17) is 4.74 Å². The molecule has 0 atom stereocenters. The van der Waals surface area contributed by atoms with Crippen molar-refractivity contribution in [3.05, 3.63) is 72.6 Å². The smallest absolute Gasteiger partial charge is 0.412 e. The number of sulfone groups is 1. The highest BCUT2D eigenvalue weighted by Crippen LogP contribution is 2.35. The van der Waals surface area contributed by atoms with Gasteiger partial charge in [-0.25, -0.2) is 18.2 Å². The molecule has 0 aliphatic rings. The minimum absolute atomic E-state index is 0.186. The van der Waals surface area contributed by atoms with Crippen molar-refractivity contribution in [3.8, 4) is 11.3 Å². The number of aryl methyl sites for hydroxylation is 1. The molecule has 0 spiro atoms. The Morgan fingerprint density at radius 3 is 2.47 bits per heavy atom. The number of fused-ring (bicyclic) bond motifs is 2. The highest BCUT2D eigenvalue weighted by molar-refractivity contribution is 7.91. The monoisotopic (exact) mass is 502 g/mol. The first-order valence-corrected chi connectivity index (χ1v) is 12.9. The number of H-pyrrole nitrogens is 2. The van der Waals surface area contributed by atoms with Crippen LogP contribution in [0.4, 0.5) is 10.5 Å². The zero-order chi connectivity index (χ0) is 25.7. The first kappa shape index (κ1) is 23.6. The number of rotatable bonds is 4. The van der Waals surface area contributed by atoms with Crippen LogP contribution >= 0.6 is 0 Å². The van der Waals surface area contributed by atoms with Gasteiger partial charge in [0.1, 0.15) is 11.2 Å². The lowest BCUT2D eigenvalue weighted by Crippen LogP contribution is -2.27. The zero-order valence-electron chi connectivity index (χ0n) is 20.3. The maximum absolute atomic E-state index is 13.4. The molecule has 0 radical (unpaired) electrons. The van der Waals surface area contributed by atoms with Crippen molar-refractivity contribution in [1.82, 2.24) is 15.0 Å². The quantitative estimate of drug-likeness (QED) is 0.270. The van der Waals surface area contributed by atoms with Crippen LogP contribution in [-0.4, -0.2) is 35.1 Å². The third-order valence-electron chi connectivity index (χ3n) is 5.73. The maximum atomic E-state index is 13.4. The molecule has 1 amide bonds. The molecule has 0 aliphatic heterocycles. The van der Waals surface area contributed by atoms with E-state index in [-0.39, 0.29) is 9.79 Å². The van der Waals surface area contributed by atoms with Gasteiger partial charge in [0.2, 0.25) is 9.84 Å². The molecule has 0 aliphatic carbocycles. The molecule has 2 aromatic carbocycles. The summed E-state index contributed by atoms with van der Waals surface area (Å²) >= 11 is 0. The molecule has 3 N–H and O–H groups in total. The molecule has 0 unspecified atom stereocenters. The second-order valence-electron chi connectivity index (χ2n) is 9.66. The largest absolute Gasteiger partial charge is 0.444 e. The fourth-order valence-electron chi connectivity index (χ4n) is 4.07. The van der Waals surface area contributed by atoms with Gasteiger partial charge < -0.3 is 14.7 Å². The summed E-state index contributed by atoms with van der Waals surface area (Å²) in [7, 11) is -3.74. The number of nitrogens with one attached hydrogen (secondary N) is 3. The summed E-state index contributed by atoms with van der Waals surface area (Å²) in [5, 5.41) is 4.11. The summed E-state index contributed by atoms with van der Waals surface area (Å²) in [6.45, 7) is 7.32. The maximum Gasteiger partial charge on any atom is 0.412 e. The van der Waals surface area contributed by atoms with Crippen molar-refractivity contribution in [1.29, 1.82) is 0 Å². The van der Waals surface area contributed by atoms with Gasteiger partial charge in [-0.05, 0) is 70.2 Å². The van der Waals surface area contributed by atoms with Crippen molar-refractivity contribution in [2.45, 2.75) is 43.1 Å². The van der Waals surface area contributed by atoms with Gasteiger partial charge in [0.15, 0.2) is 0 Å². The topological polar surface area (TPSA) is 117 Å². The number of anilines is 1. The van der Waals surface area contributed by atoms with Gasteiger partial charge >= 0.3 is 6.09 Å². The minimum atomic E-state index is -3.74. The molecule has 3 heterocycles. The summed E-state index contributed by atoms with van der Waals surface area (Å²) in [6.07, 6.45) is 2.78. The van der Waals surface area contributed by atoms with E-state index in [1.54, 1.807) is 57.2 Å². The average Bonchev–Trinajstić information content (AvgIpc) is 3.41. The van der Waals surface area contributed by atoms with E-state index in [1.165, 1.54) is 12.3 Å². The van der Waals surface area contributed by atoms with Crippen LogP contribution in [0.2, 0.25) is 0 Å². The highest BCUT2D eigenvalue weighted by Gasteiger charge is 2.23. The molecule has 0 saturated heterocycles. The molecular weight excluding hydrogens is 476 g/mol. The van der Waals surface area contributed by atoms with Gasteiger partial charge in [-0.3, -0.25) is 5.32 Å². The van der Waals surface area contributed by atoms with E-state index in [9.17, 15) is 13.2 Å². The number of hydrogen-bond acceptors (Lipinski definition) is 5. The van der Waals surface area contributed by atoms with Crippen molar-refractivity contribution in [3.63, 3.8) is 0 Å². The predicted molar refractivity (Wildman–Crippen MR) is 140 cm³/mol. The van der Waals surface area contributed by atoms with E-state index in [1.807, 2.05) is 25.3 Å². The van der Waals surface area contributed by atoms with Gasteiger partial charge in [-0.15, -0.1) is 0 Å². The van der Waals surface area contributed by atoms with Gasteiger partial charge in [-0.2, -0.15) is 0 Å². The highest BCUT2D eigenvalue weighted by atomic mass is 32.2. The standard InChI is InChI=1S/C27H26N4O4S/c1-16-5-8-18(9-6-16)36(33,34)24-11-12-28-25-20(24)14-23(31-25)21-15-29-22-10-7-17(13-19(21)22)30-26(32)35-27(2,3)4/h5-15,29H,1-4H3,(H,28,31)(H,30,32). The van der Waals surface area contributed by atoms with E-state index in [2.05, 4.69) is 20.3 Å². The first-order valence-electron chi connectivity index (χ1n) is 11.4. The lowest BCUT2D eigenvalue weighted by Gasteiger charge is -2.19. The molecule has 0 bridgehead atoms. The van der Waals surface area contributed by atoms with Crippen LogP contribution in [-0.2, 0) is 14.6 Å². The van der Waals surface area contributed by atoms with Gasteiger partial charge in [0.05, 0.1) is 9.79 Å². The van der Waals surface area contributed by atoms with E-state index in [0.29, 0.717) is 22.4 Å². The summed E-state index contributed by atoms with van der Waals surface area (Å²) in [5.41, 5.74) is 3.79. The number of pyridine rings is 1. The van der Waals surface area contributed by atoms with Crippen LogP contribution in [0, 0.1) is 6.92 Å². The third kappa shape index (κ3) is 4.45. The molecule has 9 heteroatoms. The van der Waals surface area contributed by atoms with Gasteiger partial charge in [-0.1, -0.05) is 17.7 Å². The van der Waals surface area contributed by atoms with Gasteiger partial charge in [0, 0.05) is 45.6 Å². The Hall–Kier alpha value is -4.11. The van der Waals surface area contributed by atoms with Crippen LogP contribution in [0.1, 0.15) is 26.3 Å². The molecule has 3 aromatic heterocycles. The Morgan fingerprint density at radius 2 is 1.75 bits per heavy atom. The van der Waals surface area contributed by atoms with E-state index >= 15 is 0 Å². The molecule has 8 nitrogen and oxygen atoms in total. The number of ether oxygens (including phenoxy) is 1. The summed E-state index contributed by atoms with van der Waals surface area (Å²) < 4.78 is 32.2. The summed E-state index contributed by atoms with van der Waals surface area (Å²) in [5.74, 6) is 0. The van der Waals surface area contributed by atoms with E-state index in [0.717, 1.165) is 22.0 Å². The summed E-state index contributed by atoms with van der Waals surface area (Å²) in [6, 6.07) is 15.6. The number of aromatic amines is 2. The Balaban J connectivity index is 1.55. The fraction of sp³-hybridized carbons (Fsp3) is 0.185. The van der Waals surface area contributed by atoms with Crippen LogP contribution in [0.5, 0.6) is 0 Å². The van der Waals surface area contributed by atoms with Crippen molar-refractivity contribution < 1.29 is 17.9 Å². The molecule has 36 heavy (non-hydrogen) atoms. The number of carbonyl (C=O) groups is 1. The number of amides is 1. The second kappa shape index (κ2) is 8.53. The number of benzene rings is 2. The minimum Gasteiger partial charge on any atom is -0.444 e. The number of aromatic nitrogens is 3. The predicted octanol–water partition coefficient (Wildman–Crippen LogP) is 6.20. The van der Waals surface area contributed by atoms with Crippen LogP contribution in [0.25, 0.3) is 33.2 Å². The lowest BCUT2D eigenvalue weighted by atomic mass is 10.1. The van der Waals surface area contributed by atoms with Crippen LogP contribution in [0.15, 0.2) is 76.8 Å². The zero-order valence-corrected chi connectivity index (χ0v) is 21.2. The molecular formula is C27H26N4O4S. The van der Waals surface area contributed by atoms with E-state index < -0.39 is 21.5 Å². The Kier molecular flexibility index (Phi) is 5.60. The molecule has 5 aromatic rings. The molecule has 0 saturated carbocycles. The van der Waals surface area contributed by atoms with Crippen LogP contribution < -0.4 is 5.32 Å². The normalized spacial score (nSPS) is 12.2. The molecule has 5 rings (SSSR count). The van der Waals surface area contributed by atoms with Crippen molar-refractivity contribution in [2.75, 3.05) is 5.32 Å². The Morgan fingerprint density at radius 1 is 1.00 bits per heavy atom. The fourth-order valence-corrected chi connectivity index (χ4v) is 5.50. The number of nitrogens with zero attached hydrogens (tertiary/aromatic N) is 1. The average molecular weight is 503 g/mol. The Bertz CT molecular complexity index is 1710. The number of hydrogen-bond donors (Lipinski definition) is 3. The Labute approximate surface area is 208 Å². The lowest BCUT2D eigenvalue weighted by molar-refractivity contribution is 0.0636. The number of carbonyl (C=O) groups excluding carboxylic acids is 1.